The lowest BCUT2D eigenvalue weighted by molar-refractivity contribution is -0.0901. The molecule has 0 spiro atoms. The lowest BCUT2D eigenvalue weighted by Gasteiger charge is -2.43. The third-order valence-electron chi connectivity index (χ3n) is 2.31. The van der Waals surface area contributed by atoms with Crippen LogP contribution in [0.2, 0.25) is 0 Å². The smallest absolute Gasteiger partial charge is 0.240 e. The summed E-state index contributed by atoms with van der Waals surface area (Å²) in [5, 5.41) is 13.3. The molecule has 2 heterocycles. The fraction of sp³-hybridized carbons (Fsp3) is 0.778. The largest absolute Gasteiger partial charge is 0.388 e. The molecule has 0 saturated carbocycles. The first-order valence-corrected chi connectivity index (χ1v) is 4.85. The molecular weight excluding hydrogens is 182 g/mol. The van der Waals surface area contributed by atoms with Gasteiger partial charge in [0.2, 0.25) is 5.89 Å². The van der Waals surface area contributed by atoms with Gasteiger partial charge in [-0.25, -0.2) is 0 Å². The van der Waals surface area contributed by atoms with Crippen LogP contribution in [0.1, 0.15) is 25.6 Å². The highest BCUT2D eigenvalue weighted by atomic mass is 16.5. The van der Waals surface area contributed by atoms with Gasteiger partial charge in [-0.15, -0.1) is 0 Å². The Bertz CT molecular complexity index is 314. The minimum atomic E-state index is -0.534. The number of β-amino-alcohol motifs (C(OH)–C–C–N with tert-alkyl or cyclic N) is 1. The Kier molecular flexibility index (Phi) is 2.28. The lowest BCUT2D eigenvalue weighted by atomic mass is 9.97. The Morgan fingerprint density at radius 3 is 2.79 bits per heavy atom. The van der Waals surface area contributed by atoms with Gasteiger partial charge in [0, 0.05) is 19.5 Å². The summed E-state index contributed by atoms with van der Waals surface area (Å²) in [5.41, 5.74) is -0.534. The van der Waals surface area contributed by atoms with E-state index in [1.165, 1.54) is 0 Å². The molecule has 5 heteroatoms. The highest BCUT2D eigenvalue weighted by Crippen LogP contribution is 2.21. The molecule has 0 bridgehead atoms. The predicted octanol–water partition coefficient (Wildman–Crippen LogP) is 0.199. The van der Waals surface area contributed by atoms with Gasteiger partial charge in [-0.05, 0) is 6.92 Å². The third-order valence-corrected chi connectivity index (χ3v) is 2.31. The monoisotopic (exact) mass is 197 g/mol. The Balaban J connectivity index is 1.87. The lowest BCUT2D eigenvalue weighted by Crippen LogP contribution is -2.59. The third kappa shape index (κ3) is 1.93. The van der Waals surface area contributed by atoms with Gasteiger partial charge in [0.25, 0.3) is 0 Å². The highest BCUT2D eigenvalue weighted by Gasteiger charge is 2.36. The van der Waals surface area contributed by atoms with Crippen LogP contribution in [0, 0.1) is 0 Å². The number of aryl methyl sites for hydroxylation is 1. The van der Waals surface area contributed by atoms with Crippen LogP contribution >= 0.6 is 0 Å². The second-order valence-corrected chi connectivity index (χ2v) is 4.10. The topological polar surface area (TPSA) is 62.4 Å². The Morgan fingerprint density at radius 1 is 1.57 bits per heavy atom. The number of hydrogen-bond donors (Lipinski definition) is 1. The predicted molar refractivity (Wildman–Crippen MR) is 49.6 cm³/mol. The number of hydrogen-bond acceptors (Lipinski definition) is 5. The van der Waals surface area contributed by atoms with E-state index in [9.17, 15) is 5.11 Å². The number of aromatic nitrogens is 2. The zero-order valence-corrected chi connectivity index (χ0v) is 8.53. The fourth-order valence-corrected chi connectivity index (χ4v) is 1.72. The van der Waals surface area contributed by atoms with Gasteiger partial charge in [-0.2, -0.15) is 4.98 Å². The van der Waals surface area contributed by atoms with E-state index in [1.54, 1.807) is 0 Å². The van der Waals surface area contributed by atoms with Gasteiger partial charge >= 0.3 is 0 Å². The van der Waals surface area contributed by atoms with E-state index >= 15 is 0 Å². The summed E-state index contributed by atoms with van der Waals surface area (Å²) in [5.74, 6) is 1.38. The van der Waals surface area contributed by atoms with Crippen molar-refractivity contribution in [2.24, 2.45) is 0 Å². The van der Waals surface area contributed by atoms with Crippen LogP contribution in [-0.2, 0) is 13.0 Å². The summed E-state index contributed by atoms with van der Waals surface area (Å²) in [6, 6.07) is 0. The first-order valence-electron chi connectivity index (χ1n) is 4.85. The van der Waals surface area contributed by atoms with Gasteiger partial charge in [-0.3, -0.25) is 4.90 Å². The van der Waals surface area contributed by atoms with Crippen molar-refractivity contribution < 1.29 is 9.63 Å². The number of rotatable bonds is 3. The molecule has 1 aliphatic heterocycles. The summed E-state index contributed by atoms with van der Waals surface area (Å²) in [7, 11) is 0. The number of nitrogens with zero attached hydrogens (tertiary/aromatic N) is 3. The molecule has 1 aromatic heterocycles. The van der Waals surface area contributed by atoms with Crippen molar-refractivity contribution >= 4 is 0 Å². The highest BCUT2D eigenvalue weighted by molar-refractivity contribution is 4.94. The maximum atomic E-state index is 9.50. The number of likely N-dealkylation sites (tertiary alicyclic amines) is 1. The Morgan fingerprint density at radius 2 is 2.29 bits per heavy atom. The summed E-state index contributed by atoms with van der Waals surface area (Å²) in [6.07, 6.45) is 0.793. The van der Waals surface area contributed by atoms with E-state index < -0.39 is 5.60 Å². The Hall–Kier alpha value is -0.940. The Labute approximate surface area is 82.7 Å². The molecule has 0 aliphatic carbocycles. The molecule has 1 saturated heterocycles. The fourth-order valence-electron chi connectivity index (χ4n) is 1.72. The summed E-state index contributed by atoms with van der Waals surface area (Å²) >= 11 is 0. The van der Waals surface area contributed by atoms with E-state index in [1.807, 2.05) is 13.8 Å². The second kappa shape index (κ2) is 3.33. The SMILES string of the molecule is CCc1noc(CN2CC(C)(O)C2)n1. The van der Waals surface area contributed by atoms with Crippen molar-refractivity contribution in [2.75, 3.05) is 13.1 Å². The van der Waals surface area contributed by atoms with E-state index in [4.69, 9.17) is 4.52 Å². The number of aliphatic hydroxyl groups is 1. The molecule has 0 unspecified atom stereocenters. The molecule has 1 fully saturated rings. The molecule has 1 aliphatic rings. The molecule has 5 nitrogen and oxygen atoms in total. The maximum absolute atomic E-state index is 9.50. The first kappa shape index (κ1) is 9.61. The molecule has 14 heavy (non-hydrogen) atoms. The van der Waals surface area contributed by atoms with Crippen LogP contribution in [0.4, 0.5) is 0 Å². The normalized spacial score (nSPS) is 20.8. The average Bonchev–Trinajstić information content (AvgIpc) is 2.49. The van der Waals surface area contributed by atoms with E-state index in [-0.39, 0.29) is 0 Å². The van der Waals surface area contributed by atoms with Crippen molar-refractivity contribution in [1.29, 1.82) is 0 Å². The molecule has 1 aromatic rings. The second-order valence-electron chi connectivity index (χ2n) is 4.10. The van der Waals surface area contributed by atoms with Gasteiger partial charge in [0.05, 0.1) is 12.1 Å². The minimum absolute atomic E-state index is 0.534. The zero-order valence-electron chi connectivity index (χ0n) is 8.53. The van der Waals surface area contributed by atoms with Crippen LogP contribution in [0.3, 0.4) is 0 Å². The van der Waals surface area contributed by atoms with E-state index in [0.29, 0.717) is 25.5 Å². The molecule has 0 atom stereocenters. The van der Waals surface area contributed by atoms with Crippen LogP contribution in [0.5, 0.6) is 0 Å². The molecule has 1 N–H and O–H groups in total. The summed E-state index contributed by atoms with van der Waals surface area (Å²) in [4.78, 5) is 6.27. The molecular formula is C9H15N3O2. The molecule has 0 aromatic carbocycles. The van der Waals surface area contributed by atoms with Gasteiger partial charge in [0.15, 0.2) is 5.82 Å². The molecule has 78 valence electrons. The van der Waals surface area contributed by atoms with Crippen molar-refractivity contribution in [3.8, 4) is 0 Å². The van der Waals surface area contributed by atoms with Crippen molar-refractivity contribution in [1.82, 2.24) is 15.0 Å². The average molecular weight is 197 g/mol. The maximum Gasteiger partial charge on any atom is 0.240 e. The van der Waals surface area contributed by atoms with E-state index in [2.05, 4.69) is 15.0 Å². The molecule has 0 amide bonds. The van der Waals surface area contributed by atoms with Crippen molar-refractivity contribution in [3.05, 3.63) is 11.7 Å². The quantitative estimate of drug-likeness (QED) is 0.750. The van der Waals surface area contributed by atoms with Crippen LogP contribution < -0.4 is 0 Å². The zero-order chi connectivity index (χ0) is 10.2. The van der Waals surface area contributed by atoms with Crippen LogP contribution in [0.15, 0.2) is 4.52 Å². The van der Waals surface area contributed by atoms with E-state index in [0.717, 1.165) is 12.2 Å². The van der Waals surface area contributed by atoms with Gasteiger partial charge < -0.3 is 9.63 Å². The van der Waals surface area contributed by atoms with Crippen molar-refractivity contribution in [3.63, 3.8) is 0 Å². The van der Waals surface area contributed by atoms with Crippen LogP contribution in [-0.4, -0.2) is 38.8 Å². The van der Waals surface area contributed by atoms with Gasteiger partial charge in [0.1, 0.15) is 0 Å². The molecule has 0 radical (unpaired) electrons. The summed E-state index contributed by atoms with van der Waals surface area (Å²) in [6.45, 7) is 5.81. The van der Waals surface area contributed by atoms with Crippen LogP contribution in [0.25, 0.3) is 0 Å². The molecule has 2 rings (SSSR count). The van der Waals surface area contributed by atoms with Crippen molar-refractivity contribution in [2.45, 2.75) is 32.4 Å². The van der Waals surface area contributed by atoms with Gasteiger partial charge in [-0.1, -0.05) is 12.1 Å². The first-order chi connectivity index (χ1) is 6.59. The summed E-state index contributed by atoms with van der Waals surface area (Å²) < 4.78 is 5.05. The standard InChI is InChI=1S/C9H15N3O2/c1-3-7-10-8(14-11-7)4-12-5-9(2,13)6-12/h13H,3-6H2,1-2H3. The minimum Gasteiger partial charge on any atom is -0.388 e.